The fourth-order valence-corrected chi connectivity index (χ4v) is 3.10. The van der Waals surface area contributed by atoms with Gasteiger partial charge in [0.15, 0.2) is 11.6 Å². The molecule has 1 unspecified atom stereocenters. The highest BCUT2D eigenvalue weighted by Crippen LogP contribution is 2.28. The number of hydrogen-bond donors (Lipinski definition) is 1. The highest BCUT2D eigenvalue weighted by molar-refractivity contribution is 8.00. The van der Waals surface area contributed by atoms with E-state index in [9.17, 15) is 4.79 Å². The lowest BCUT2D eigenvalue weighted by Crippen LogP contribution is -2.37. The van der Waals surface area contributed by atoms with Crippen molar-refractivity contribution in [2.45, 2.75) is 31.8 Å². The fraction of sp³-hybridized carbons (Fsp3) is 0.316. The monoisotopic (exact) mass is 355 g/mol. The molecule has 0 aliphatic carbocycles. The van der Waals surface area contributed by atoms with E-state index in [1.54, 1.807) is 12.3 Å². The summed E-state index contributed by atoms with van der Waals surface area (Å²) in [5, 5.41) is 4.74. The van der Waals surface area contributed by atoms with Gasteiger partial charge in [-0.05, 0) is 31.0 Å². The largest absolute Gasteiger partial charge is 0.461 e. The normalized spacial score (nSPS) is 12.5. The molecule has 2 heterocycles. The van der Waals surface area contributed by atoms with Crippen LogP contribution in [0.3, 0.4) is 0 Å². The van der Waals surface area contributed by atoms with Crippen LogP contribution >= 0.6 is 11.8 Å². The van der Waals surface area contributed by atoms with Gasteiger partial charge in [-0.3, -0.25) is 4.79 Å². The number of nitrogens with one attached hydrogen (secondary N) is 1. The lowest BCUT2D eigenvalue weighted by Gasteiger charge is -2.17. The summed E-state index contributed by atoms with van der Waals surface area (Å²) in [4.78, 5) is 21.4. The van der Waals surface area contributed by atoms with E-state index in [4.69, 9.17) is 4.42 Å². The Labute approximate surface area is 151 Å². The first kappa shape index (κ1) is 17.5. The van der Waals surface area contributed by atoms with Crippen LogP contribution in [-0.2, 0) is 4.79 Å². The second-order valence-corrected chi connectivity index (χ2v) is 7.20. The third kappa shape index (κ3) is 4.20. The summed E-state index contributed by atoms with van der Waals surface area (Å²) < 4.78 is 5.41. The number of fused-ring (bicyclic) bond motifs is 1. The predicted octanol–water partition coefficient (Wildman–Crippen LogP) is 4.14. The molecule has 0 aliphatic rings. The van der Waals surface area contributed by atoms with Gasteiger partial charge >= 0.3 is 0 Å². The van der Waals surface area contributed by atoms with E-state index in [1.807, 2.05) is 37.3 Å². The molecular formula is C19H21N3O2S. The third-order valence-electron chi connectivity index (χ3n) is 4.04. The summed E-state index contributed by atoms with van der Waals surface area (Å²) in [6, 6.07) is 11.6. The molecule has 1 amide bonds. The molecule has 5 nitrogen and oxygen atoms in total. The Bertz CT molecular complexity index is 862. The van der Waals surface area contributed by atoms with Crippen LogP contribution in [0.25, 0.3) is 22.5 Å². The van der Waals surface area contributed by atoms with Crippen molar-refractivity contribution in [2.75, 3.05) is 5.75 Å². The summed E-state index contributed by atoms with van der Waals surface area (Å²) in [6.07, 6.45) is 1.60. The molecular weight excluding hydrogens is 334 g/mol. The van der Waals surface area contributed by atoms with E-state index < -0.39 is 0 Å². The molecule has 0 radical (unpaired) electrons. The molecule has 0 saturated carbocycles. The van der Waals surface area contributed by atoms with Crippen LogP contribution in [0.5, 0.6) is 0 Å². The summed E-state index contributed by atoms with van der Waals surface area (Å²) in [6.45, 7) is 6.19. The van der Waals surface area contributed by atoms with Crippen LogP contribution < -0.4 is 5.32 Å². The van der Waals surface area contributed by atoms with E-state index in [1.165, 1.54) is 11.8 Å². The Kier molecular flexibility index (Phi) is 5.38. The molecule has 3 rings (SSSR count). The molecule has 0 bridgehead atoms. The summed E-state index contributed by atoms with van der Waals surface area (Å²) in [7, 11) is 0. The van der Waals surface area contributed by atoms with E-state index in [2.05, 4.69) is 29.1 Å². The van der Waals surface area contributed by atoms with E-state index in [-0.39, 0.29) is 11.9 Å². The second-order valence-electron chi connectivity index (χ2n) is 6.24. The molecule has 0 spiro atoms. The summed E-state index contributed by atoms with van der Waals surface area (Å²) in [5.74, 6) is 1.87. The first-order valence-corrected chi connectivity index (χ1v) is 9.26. The number of nitrogens with zero attached hydrogens (tertiary/aromatic N) is 2. The van der Waals surface area contributed by atoms with Crippen molar-refractivity contribution in [1.82, 2.24) is 15.3 Å². The lowest BCUT2D eigenvalue weighted by atomic mass is 10.1. The Morgan fingerprint density at radius 2 is 1.96 bits per heavy atom. The number of rotatable bonds is 6. The van der Waals surface area contributed by atoms with Gasteiger partial charge in [-0.2, -0.15) is 0 Å². The van der Waals surface area contributed by atoms with Crippen molar-refractivity contribution in [3.8, 4) is 11.6 Å². The fourth-order valence-electron chi connectivity index (χ4n) is 2.27. The second kappa shape index (κ2) is 7.70. The van der Waals surface area contributed by atoms with Crippen LogP contribution in [0, 0.1) is 5.92 Å². The highest BCUT2D eigenvalue weighted by Gasteiger charge is 2.15. The van der Waals surface area contributed by atoms with Crippen LogP contribution in [0.4, 0.5) is 0 Å². The molecule has 0 fully saturated rings. The summed E-state index contributed by atoms with van der Waals surface area (Å²) >= 11 is 1.42. The number of aromatic nitrogens is 2. The minimum atomic E-state index is 0.00782. The third-order valence-corrected chi connectivity index (χ3v) is 5.03. The van der Waals surface area contributed by atoms with Crippen LogP contribution in [0.2, 0.25) is 0 Å². The number of thioether (sulfide) groups is 1. The topological polar surface area (TPSA) is 68.0 Å². The van der Waals surface area contributed by atoms with Crippen molar-refractivity contribution in [3.05, 3.63) is 42.7 Å². The Balaban J connectivity index is 1.84. The average Bonchev–Trinajstić information content (AvgIpc) is 3.14. The molecule has 3 aromatic rings. The van der Waals surface area contributed by atoms with Gasteiger partial charge in [0.2, 0.25) is 5.91 Å². The maximum absolute atomic E-state index is 12.2. The average molecular weight is 355 g/mol. The Morgan fingerprint density at radius 1 is 1.16 bits per heavy atom. The van der Waals surface area contributed by atoms with Gasteiger partial charge in [-0.1, -0.05) is 43.8 Å². The minimum Gasteiger partial charge on any atom is -0.461 e. The smallest absolute Gasteiger partial charge is 0.230 e. The molecule has 0 aliphatic heterocycles. The quantitative estimate of drug-likeness (QED) is 0.531. The van der Waals surface area contributed by atoms with Gasteiger partial charge in [-0.15, -0.1) is 0 Å². The van der Waals surface area contributed by atoms with Crippen molar-refractivity contribution < 1.29 is 9.21 Å². The van der Waals surface area contributed by atoms with E-state index in [0.29, 0.717) is 23.3 Å². The molecule has 1 aromatic carbocycles. The standard InChI is InChI=1S/C19H21N3O2S/c1-12(2)13(3)20-17(23)11-25-19-14-7-4-5-8-15(14)21-18(22-19)16-9-6-10-24-16/h4-10,12-13H,11H2,1-3H3,(H,20,23). The Hall–Kier alpha value is -2.34. The van der Waals surface area contributed by atoms with Crippen molar-refractivity contribution in [1.29, 1.82) is 0 Å². The van der Waals surface area contributed by atoms with Crippen LogP contribution in [-0.4, -0.2) is 27.7 Å². The van der Waals surface area contributed by atoms with Gasteiger partial charge in [0.05, 0.1) is 17.5 Å². The molecule has 130 valence electrons. The van der Waals surface area contributed by atoms with Gasteiger partial charge in [-0.25, -0.2) is 9.97 Å². The minimum absolute atomic E-state index is 0.00782. The van der Waals surface area contributed by atoms with Crippen molar-refractivity contribution in [2.24, 2.45) is 5.92 Å². The number of benzene rings is 1. The lowest BCUT2D eigenvalue weighted by molar-refractivity contribution is -0.119. The molecule has 2 aromatic heterocycles. The number of carbonyl (C=O) groups excluding carboxylic acids is 1. The number of para-hydroxylation sites is 1. The predicted molar refractivity (Wildman–Crippen MR) is 100 cm³/mol. The maximum Gasteiger partial charge on any atom is 0.230 e. The van der Waals surface area contributed by atoms with Gasteiger partial charge in [0.1, 0.15) is 5.03 Å². The number of carbonyl (C=O) groups is 1. The molecule has 6 heteroatoms. The van der Waals surface area contributed by atoms with E-state index >= 15 is 0 Å². The van der Waals surface area contributed by atoms with Gasteiger partial charge in [0.25, 0.3) is 0 Å². The highest BCUT2D eigenvalue weighted by atomic mass is 32.2. The number of amides is 1. The van der Waals surface area contributed by atoms with Gasteiger partial charge in [0, 0.05) is 11.4 Å². The number of furan rings is 1. The summed E-state index contributed by atoms with van der Waals surface area (Å²) in [5.41, 5.74) is 0.836. The molecule has 1 atom stereocenters. The zero-order valence-corrected chi connectivity index (χ0v) is 15.3. The molecule has 25 heavy (non-hydrogen) atoms. The first-order valence-electron chi connectivity index (χ1n) is 8.27. The van der Waals surface area contributed by atoms with Crippen LogP contribution in [0.1, 0.15) is 20.8 Å². The van der Waals surface area contributed by atoms with Crippen molar-refractivity contribution >= 4 is 28.6 Å². The van der Waals surface area contributed by atoms with Crippen LogP contribution in [0.15, 0.2) is 52.1 Å². The number of hydrogen-bond acceptors (Lipinski definition) is 5. The SMILES string of the molecule is CC(C)C(C)NC(=O)CSc1nc(-c2ccco2)nc2ccccc12. The maximum atomic E-state index is 12.2. The molecule has 0 saturated heterocycles. The van der Waals surface area contributed by atoms with Gasteiger partial charge < -0.3 is 9.73 Å². The van der Waals surface area contributed by atoms with Crippen molar-refractivity contribution in [3.63, 3.8) is 0 Å². The zero-order chi connectivity index (χ0) is 17.8. The zero-order valence-electron chi connectivity index (χ0n) is 14.5. The van der Waals surface area contributed by atoms with E-state index in [0.717, 1.165) is 15.9 Å². The molecule has 1 N–H and O–H groups in total. The Morgan fingerprint density at radius 3 is 2.68 bits per heavy atom. The first-order chi connectivity index (χ1) is 12.0.